The molecule has 1 aromatic heterocycles. The van der Waals surface area contributed by atoms with Crippen molar-refractivity contribution in [2.24, 2.45) is 5.92 Å². The molecule has 1 heterocycles. The maximum atomic E-state index is 11.3. The molecular formula is C20H27N3O2S. The Morgan fingerprint density at radius 1 is 1.23 bits per heavy atom. The molecule has 0 bridgehead atoms. The molecule has 1 aliphatic carbocycles. The van der Waals surface area contributed by atoms with E-state index in [1.165, 1.54) is 19.3 Å². The molecule has 0 N–H and O–H groups in total. The summed E-state index contributed by atoms with van der Waals surface area (Å²) in [7, 11) is 1.67. The smallest absolute Gasteiger partial charge is 0.191 e. The van der Waals surface area contributed by atoms with Crippen molar-refractivity contribution in [3.63, 3.8) is 0 Å². The zero-order chi connectivity index (χ0) is 18.5. The van der Waals surface area contributed by atoms with Crippen LogP contribution in [0.2, 0.25) is 0 Å². The van der Waals surface area contributed by atoms with Gasteiger partial charge in [-0.15, -0.1) is 10.2 Å². The number of benzene rings is 1. The zero-order valence-corrected chi connectivity index (χ0v) is 16.6. The van der Waals surface area contributed by atoms with Crippen molar-refractivity contribution in [2.75, 3.05) is 12.9 Å². The summed E-state index contributed by atoms with van der Waals surface area (Å²) in [5.74, 6) is 3.31. The molecule has 1 aliphatic rings. The lowest BCUT2D eigenvalue weighted by Crippen LogP contribution is -2.22. The third kappa shape index (κ3) is 4.29. The Hall–Kier alpha value is -1.82. The predicted octanol–water partition coefficient (Wildman–Crippen LogP) is 4.78. The third-order valence-electron chi connectivity index (χ3n) is 5.10. The number of hydrogen-bond acceptors (Lipinski definition) is 5. The van der Waals surface area contributed by atoms with Crippen LogP contribution in [0.5, 0.6) is 5.75 Å². The van der Waals surface area contributed by atoms with Crippen LogP contribution in [0.3, 0.4) is 0 Å². The maximum Gasteiger partial charge on any atom is 0.191 e. The van der Waals surface area contributed by atoms with Crippen LogP contribution in [0.15, 0.2) is 29.4 Å². The van der Waals surface area contributed by atoms with Gasteiger partial charge in [0, 0.05) is 23.8 Å². The molecule has 0 aliphatic heterocycles. The molecule has 2 aromatic rings. The number of aromatic nitrogens is 3. The normalized spacial score (nSPS) is 20.1. The van der Waals surface area contributed by atoms with Crippen molar-refractivity contribution in [3.05, 3.63) is 24.3 Å². The molecule has 0 unspecified atom stereocenters. The molecule has 0 spiro atoms. The first-order valence-electron chi connectivity index (χ1n) is 9.31. The fraction of sp³-hybridized carbons (Fsp3) is 0.550. The van der Waals surface area contributed by atoms with E-state index in [2.05, 4.69) is 21.7 Å². The summed E-state index contributed by atoms with van der Waals surface area (Å²) in [4.78, 5) is 11.3. The molecule has 6 heteroatoms. The van der Waals surface area contributed by atoms with Crippen LogP contribution >= 0.6 is 11.8 Å². The van der Waals surface area contributed by atoms with Crippen LogP contribution < -0.4 is 4.74 Å². The minimum atomic E-state index is 0.213. The number of carbonyl (C=O) groups excluding carboxylic acids is 1. The van der Waals surface area contributed by atoms with E-state index in [9.17, 15) is 4.79 Å². The molecule has 3 rings (SSSR count). The Labute approximate surface area is 159 Å². The molecule has 0 radical (unpaired) electrons. The topological polar surface area (TPSA) is 57.0 Å². The van der Waals surface area contributed by atoms with Gasteiger partial charge in [0.1, 0.15) is 11.5 Å². The Kier molecular flexibility index (Phi) is 6.35. The minimum Gasteiger partial charge on any atom is -0.497 e. The fourth-order valence-electron chi connectivity index (χ4n) is 3.58. The SMILES string of the molecule is COc1ccc(-c2nnc(SCCC(C)=O)n2[C@@H]2CCCC[C@H]2C)cc1. The van der Waals surface area contributed by atoms with Crippen LogP contribution in [-0.4, -0.2) is 33.4 Å². The Morgan fingerprint density at radius 3 is 2.62 bits per heavy atom. The highest BCUT2D eigenvalue weighted by atomic mass is 32.2. The standard InChI is InChI=1S/C20H27N3O2S/c1-14-6-4-5-7-18(14)23-19(16-8-10-17(25-3)11-9-16)21-22-20(23)26-13-12-15(2)24/h8-11,14,18H,4-7,12-13H2,1-3H3/t14-,18-/m1/s1. The Morgan fingerprint density at radius 2 is 1.96 bits per heavy atom. The first-order chi connectivity index (χ1) is 12.6. The third-order valence-corrected chi connectivity index (χ3v) is 6.04. The minimum absolute atomic E-state index is 0.213. The number of rotatable bonds is 7. The number of carbonyl (C=O) groups is 1. The van der Waals surface area contributed by atoms with Crippen LogP contribution in [0.1, 0.15) is 52.0 Å². The molecule has 0 amide bonds. The summed E-state index contributed by atoms with van der Waals surface area (Å²) < 4.78 is 7.59. The van der Waals surface area contributed by atoms with Gasteiger partial charge >= 0.3 is 0 Å². The largest absolute Gasteiger partial charge is 0.497 e. The monoisotopic (exact) mass is 373 g/mol. The van der Waals surface area contributed by atoms with Gasteiger partial charge in [0.15, 0.2) is 11.0 Å². The summed E-state index contributed by atoms with van der Waals surface area (Å²) in [6.07, 6.45) is 5.50. The molecule has 1 fully saturated rings. The Bertz CT molecular complexity index is 742. The van der Waals surface area contributed by atoms with Crippen molar-refractivity contribution in [2.45, 2.75) is 57.1 Å². The average molecular weight is 374 g/mol. The molecule has 5 nitrogen and oxygen atoms in total. The predicted molar refractivity (Wildman–Crippen MR) is 105 cm³/mol. The highest BCUT2D eigenvalue weighted by molar-refractivity contribution is 7.99. The average Bonchev–Trinajstić information content (AvgIpc) is 3.05. The number of methoxy groups -OCH3 is 1. The molecule has 26 heavy (non-hydrogen) atoms. The maximum absolute atomic E-state index is 11.3. The van der Waals surface area contributed by atoms with E-state index < -0.39 is 0 Å². The van der Waals surface area contributed by atoms with Crippen LogP contribution in [0.25, 0.3) is 11.4 Å². The van der Waals surface area contributed by atoms with Crippen LogP contribution in [-0.2, 0) is 4.79 Å². The first-order valence-corrected chi connectivity index (χ1v) is 10.3. The van der Waals surface area contributed by atoms with Crippen molar-refractivity contribution >= 4 is 17.5 Å². The molecule has 0 saturated heterocycles. The van der Waals surface area contributed by atoms with Crippen molar-refractivity contribution in [1.29, 1.82) is 0 Å². The fourth-order valence-corrected chi connectivity index (χ4v) is 4.61. The van der Waals surface area contributed by atoms with Crippen molar-refractivity contribution in [3.8, 4) is 17.1 Å². The van der Waals surface area contributed by atoms with E-state index in [4.69, 9.17) is 4.74 Å². The number of hydrogen-bond donors (Lipinski definition) is 0. The van der Waals surface area contributed by atoms with Crippen LogP contribution in [0, 0.1) is 5.92 Å². The van der Waals surface area contributed by atoms with Gasteiger partial charge in [0.05, 0.1) is 7.11 Å². The molecule has 140 valence electrons. The Balaban J connectivity index is 1.94. The first kappa shape index (κ1) is 19.0. The van der Waals surface area contributed by atoms with E-state index >= 15 is 0 Å². The number of ketones is 1. The highest BCUT2D eigenvalue weighted by Crippen LogP contribution is 2.39. The number of ether oxygens (including phenoxy) is 1. The lowest BCUT2D eigenvalue weighted by Gasteiger charge is -2.31. The summed E-state index contributed by atoms with van der Waals surface area (Å²) in [6.45, 7) is 3.96. The zero-order valence-electron chi connectivity index (χ0n) is 15.8. The quantitative estimate of drug-likeness (QED) is 0.654. The van der Waals surface area contributed by atoms with E-state index in [-0.39, 0.29) is 5.78 Å². The van der Waals surface area contributed by atoms with Crippen molar-refractivity contribution in [1.82, 2.24) is 14.8 Å². The van der Waals surface area contributed by atoms with Gasteiger partial charge in [-0.25, -0.2) is 0 Å². The van der Waals surface area contributed by atoms with Gasteiger partial charge in [0.25, 0.3) is 0 Å². The molecular weight excluding hydrogens is 346 g/mol. The summed E-state index contributed by atoms with van der Waals surface area (Å²) in [5, 5.41) is 9.92. The van der Waals surface area contributed by atoms with Crippen LogP contribution in [0.4, 0.5) is 0 Å². The van der Waals surface area contributed by atoms with E-state index in [0.29, 0.717) is 18.4 Å². The molecule has 1 aromatic carbocycles. The molecule has 1 saturated carbocycles. The number of Topliss-reactive ketones (excluding diaryl/α,β-unsaturated/α-hetero) is 1. The van der Waals surface area contributed by atoms with Gasteiger partial charge in [-0.05, 0) is 49.9 Å². The van der Waals surface area contributed by atoms with E-state index in [1.807, 2.05) is 24.3 Å². The second kappa shape index (κ2) is 8.71. The van der Waals surface area contributed by atoms with Gasteiger partial charge in [-0.2, -0.15) is 0 Å². The van der Waals surface area contributed by atoms with Crippen molar-refractivity contribution < 1.29 is 9.53 Å². The number of nitrogens with zero attached hydrogens (tertiary/aromatic N) is 3. The lowest BCUT2D eigenvalue weighted by molar-refractivity contribution is -0.116. The summed E-state index contributed by atoms with van der Waals surface area (Å²) >= 11 is 1.64. The van der Waals surface area contributed by atoms with Gasteiger partial charge in [-0.1, -0.05) is 31.5 Å². The highest BCUT2D eigenvalue weighted by Gasteiger charge is 2.28. The molecule has 2 atom stereocenters. The summed E-state index contributed by atoms with van der Waals surface area (Å²) in [6, 6.07) is 8.41. The van der Waals surface area contributed by atoms with Gasteiger partial charge in [-0.3, -0.25) is 9.36 Å². The number of thioether (sulfide) groups is 1. The van der Waals surface area contributed by atoms with Gasteiger partial charge < -0.3 is 4.74 Å². The lowest BCUT2D eigenvalue weighted by atomic mass is 9.85. The second-order valence-electron chi connectivity index (χ2n) is 7.03. The second-order valence-corrected chi connectivity index (χ2v) is 8.10. The summed E-state index contributed by atoms with van der Waals surface area (Å²) in [5.41, 5.74) is 1.05. The van der Waals surface area contributed by atoms with E-state index in [0.717, 1.165) is 34.5 Å². The van der Waals surface area contributed by atoms with Gasteiger partial charge in [0.2, 0.25) is 0 Å². The van der Waals surface area contributed by atoms with E-state index in [1.54, 1.807) is 25.8 Å².